The Morgan fingerprint density at radius 1 is 1.08 bits per heavy atom. The van der Waals surface area contributed by atoms with Crippen molar-refractivity contribution in [3.05, 3.63) is 82.8 Å². The molecule has 1 aliphatic carbocycles. The van der Waals surface area contributed by atoms with Gasteiger partial charge in [-0.15, -0.1) is 0 Å². The molecule has 0 saturated heterocycles. The molecule has 0 radical (unpaired) electrons. The van der Waals surface area contributed by atoms with Gasteiger partial charge in [-0.3, -0.25) is 14.6 Å². The van der Waals surface area contributed by atoms with Crippen molar-refractivity contribution < 1.29 is 31.2 Å². The van der Waals surface area contributed by atoms with E-state index in [1.54, 1.807) is 25.1 Å². The molecule has 1 aromatic carbocycles. The van der Waals surface area contributed by atoms with Gasteiger partial charge in [0.1, 0.15) is 5.82 Å². The average molecular weight is 518 g/mol. The molecule has 2 aromatic heterocycles. The number of fused-ring (bicyclic) bond motifs is 1. The van der Waals surface area contributed by atoms with Crippen LogP contribution in [0, 0.1) is 0 Å². The number of aryl methyl sites for hydroxylation is 1. The summed E-state index contributed by atoms with van der Waals surface area (Å²) in [4.78, 5) is 34.2. The molecule has 0 aliphatic heterocycles. The summed E-state index contributed by atoms with van der Waals surface area (Å²) in [7, 11) is -3.33. The van der Waals surface area contributed by atoms with Gasteiger partial charge in [0.2, 0.25) is 5.91 Å². The van der Waals surface area contributed by atoms with Gasteiger partial charge in [-0.05, 0) is 61.7 Å². The number of benzene rings is 1. The van der Waals surface area contributed by atoms with E-state index in [0.717, 1.165) is 18.5 Å². The maximum absolute atomic E-state index is 13.3. The molecule has 188 valence electrons. The summed E-state index contributed by atoms with van der Waals surface area (Å²) in [5.74, 6) is -0.404. The third-order valence-electron chi connectivity index (χ3n) is 6.22. The Labute approximate surface area is 205 Å². The Morgan fingerprint density at radius 2 is 1.78 bits per heavy atom. The lowest BCUT2D eigenvalue weighted by molar-refractivity contribution is -0.137. The van der Waals surface area contributed by atoms with E-state index < -0.39 is 27.0 Å². The largest absolute Gasteiger partial charge is 0.417 e. The molecular weight excluding hydrogens is 495 g/mol. The molecule has 0 saturated carbocycles. The van der Waals surface area contributed by atoms with Crippen molar-refractivity contribution in [1.82, 2.24) is 9.97 Å². The lowest BCUT2D eigenvalue weighted by Gasteiger charge is -2.32. The van der Waals surface area contributed by atoms with Crippen LogP contribution in [-0.2, 0) is 39.1 Å². The van der Waals surface area contributed by atoms with Crippen molar-refractivity contribution in [2.24, 2.45) is 0 Å². The first-order chi connectivity index (χ1) is 16.8. The number of pyridine rings is 2. The predicted molar refractivity (Wildman–Crippen MR) is 125 cm³/mol. The van der Waals surface area contributed by atoms with Crippen LogP contribution in [0.5, 0.6) is 0 Å². The highest BCUT2D eigenvalue weighted by Gasteiger charge is 2.42. The van der Waals surface area contributed by atoms with E-state index >= 15 is 0 Å². The number of aromatic nitrogens is 2. The molecule has 0 bridgehead atoms. The van der Waals surface area contributed by atoms with Crippen molar-refractivity contribution in [2.45, 2.75) is 42.7 Å². The van der Waals surface area contributed by atoms with Gasteiger partial charge in [-0.25, -0.2) is 13.4 Å². The van der Waals surface area contributed by atoms with Crippen molar-refractivity contribution >= 4 is 27.3 Å². The van der Waals surface area contributed by atoms with Gasteiger partial charge in [0.15, 0.2) is 15.6 Å². The Kier molecular flexibility index (Phi) is 6.46. The smallest absolute Gasteiger partial charge is 0.310 e. The number of nitrogens with one attached hydrogen (secondary N) is 1. The third kappa shape index (κ3) is 5.15. The highest BCUT2D eigenvalue weighted by Crippen LogP contribution is 2.38. The third-order valence-corrected chi connectivity index (χ3v) is 7.35. The predicted octanol–water partition coefficient (Wildman–Crippen LogP) is 4.17. The number of hydrogen-bond donors (Lipinski definition) is 1. The van der Waals surface area contributed by atoms with Gasteiger partial charge in [-0.1, -0.05) is 12.1 Å². The van der Waals surface area contributed by atoms with Crippen LogP contribution < -0.4 is 5.32 Å². The molecule has 1 atom stereocenters. The number of nitrogens with zero attached hydrogens (tertiary/aromatic N) is 2. The quantitative estimate of drug-likeness (QED) is 0.545. The molecule has 11 heteroatoms. The number of carbonyl (C=O) groups is 2. The van der Waals surface area contributed by atoms with E-state index in [1.807, 2.05) is 0 Å². The van der Waals surface area contributed by atoms with E-state index in [4.69, 9.17) is 0 Å². The molecule has 3 aromatic rings. The molecule has 0 fully saturated rings. The number of rotatable bonds is 5. The van der Waals surface area contributed by atoms with E-state index in [1.165, 1.54) is 24.3 Å². The zero-order valence-corrected chi connectivity index (χ0v) is 20.2. The number of alkyl halides is 3. The fourth-order valence-electron chi connectivity index (χ4n) is 4.11. The van der Waals surface area contributed by atoms with Gasteiger partial charge >= 0.3 is 6.18 Å². The highest BCUT2D eigenvalue weighted by atomic mass is 32.2. The van der Waals surface area contributed by atoms with Crippen molar-refractivity contribution in [2.75, 3.05) is 11.6 Å². The lowest BCUT2D eigenvalue weighted by Crippen LogP contribution is -2.38. The van der Waals surface area contributed by atoms with Crippen LogP contribution >= 0.6 is 0 Å². The number of halogens is 3. The number of amides is 1. The molecular formula is C25H22F3N3O4S. The Morgan fingerprint density at radius 3 is 2.36 bits per heavy atom. The van der Waals surface area contributed by atoms with Gasteiger partial charge in [0.05, 0.1) is 33.7 Å². The Hall–Kier alpha value is -3.60. The maximum atomic E-state index is 13.3. The second-order valence-corrected chi connectivity index (χ2v) is 10.9. The molecule has 1 unspecified atom stereocenters. The molecule has 0 spiro atoms. The molecule has 4 rings (SSSR count). The molecule has 1 aliphatic rings. The summed E-state index contributed by atoms with van der Waals surface area (Å²) in [5, 5.41) is 2.67. The average Bonchev–Trinajstić information content (AvgIpc) is 2.81. The number of hydrogen-bond acceptors (Lipinski definition) is 6. The van der Waals surface area contributed by atoms with Crippen LogP contribution in [0.15, 0.2) is 59.6 Å². The van der Waals surface area contributed by atoms with Gasteiger partial charge in [0.25, 0.3) is 0 Å². The zero-order chi connectivity index (χ0) is 26.3. The topological polar surface area (TPSA) is 106 Å². The van der Waals surface area contributed by atoms with Gasteiger partial charge < -0.3 is 5.32 Å². The van der Waals surface area contributed by atoms with E-state index in [-0.39, 0.29) is 34.5 Å². The number of sulfone groups is 1. The van der Waals surface area contributed by atoms with Crippen LogP contribution in [0.4, 0.5) is 19.0 Å². The number of carbonyl (C=O) groups excluding carboxylic acids is 2. The standard InChI is InChI=1S/C25H22F3N3O4S/c1-24(20-9-5-16(14-29-20)25(26,27)28)12-11-19-18(23(24)33)8-10-21(30-19)31-22(32)13-15-3-6-17(7-4-15)36(2,34)35/h3-10,14H,11-13H2,1-2H3,(H,30,31,32). The molecule has 1 N–H and O–H groups in total. The first-order valence-corrected chi connectivity index (χ1v) is 12.8. The minimum absolute atomic E-state index is 0.000596. The summed E-state index contributed by atoms with van der Waals surface area (Å²) in [6.07, 6.45) is -2.01. The van der Waals surface area contributed by atoms with E-state index in [9.17, 15) is 31.2 Å². The van der Waals surface area contributed by atoms with Crippen molar-refractivity contribution in [3.63, 3.8) is 0 Å². The van der Waals surface area contributed by atoms with Crippen LogP contribution in [0.2, 0.25) is 0 Å². The van der Waals surface area contributed by atoms with Crippen LogP contribution in [-0.4, -0.2) is 36.3 Å². The molecule has 36 heavy (non-hydrogen) atoms. The Balaban J connectivity index is 1.47. The second-order valence-electron chi connectivity index (χ2n) is 8.92. The normalized spacial score (nSPS) is 18.0. The minimum atomic E-state index is -4.51. The monoisotopic (exact) mass is 517 g/mol. The highest BCUT2D eigenvalue weighted by molar-refractivity contribution is 7.90. The second kappa shape index (κ2) is 9.12. The lowest BCUT2D eigenvalue weighted by atomic mass is 9.71. The number of anilines is 1. The van der Waals surface area contributed by atoms with Crippen molar-refractivity contribution in [1.29, 1.82) is 0 Å². The fourth-order valence-corrected chi connectivity index (χ4v) is 4.74. The van der Waals surface area contributed by atoms with E-state index in [0.29, 0.717) is 29.7 Å². The molecule has 2 heterocycles. The molecule has 7 nitrogen and oxygen atoms in total. The summed E-state index contributed by atoms with van der Waals surface area (Å²) < 4.78 is 61.7. The first kappa shape index (κ1) is 25.5. The van der Waals surface area contributed by atoms with E-state index in [2.05, 4.69) is 15.3 Å². The Bertz CT molecular complexity index is 1440. The number of Topliss-reactive ketones (excluding diaryl/α,β-unsaturated/α-hetero) is 1. The van der Waals surface area contributed by atoms with Crippen LogP contribution in [0.3, 0.4) is 0 Å². The molecule has 1 amide bonds. The van der Waals surface area contributed by atoms with Crippen LogP contribution in [0.1, 0.15) is 46.2 Å². The fraction of sp³-hybridized carbons (Fsp3) is 0.280. The van der Waals surface area contributed by atoms with Gasteiger partial charge in [-0.2, -0.15) is 13.2 Å². The first-order valence-electron chi connectivity index (χ1n) is 10.9. The van der Waals surface area contributed by atoms with Crippen LogP contribution in [0.25, 0.3) is 0 Å². The minimum Gasteiger partial charge on any atom is -0.310 e. The zero-order valence-electron chi connectivity index (χ0n) is 19.4. The van der Waals surface area contributed by atoms with Crippen molar-refractivity contribution in [3.8, 4) is 0 Å². The summed E-state index contributed by atoms with van der Waals surface area (Å²) >= 11 is 0. The van der Waals surface area contributed by atoms with Gasteiger partial charge in [0, 0.05) is 18.0 Å². The maximum Gasteiger partial charge on any atom is 0.417 e. The summed E-state index contributed by atoms with van der Waals surface area (Å²) in [6.45, 7) is 1.65. The SMILES string of the molecule is CC1(c2ccc(C(F)(F)F)cn2)CCc2nc(NC(=O)Cc3ccc(S(C)(=O)=O)cc3)ccc2C1=O. The summed E-state index contributed by atoms with van der Waals surface area (Å²) in [6, 6.07) is 11.2. The number of ketones is 1. The summed E-state index contributed by atoms with van der Waals surface area (Å²) in [5.41, 5.74) is -0.286.